The van der Waals surface area contributed by atoms with Crippen LogP contribution in [0.5, 0.6) is 5.75 Å². The topological polar surface area (TPSA) is 71.5 Å². The van der Waals surface area contributed by atoms with Crippen molar-refractivity contribution < 1.29 is 14.6 Å². The summed E-state index contributed by atoms with van der Waals surface area (Å²) in [6.07, 6.45) is 3.01. The number of pyridine rings is 1. The summed E-state index contributed by atoms with van der Waals surface area (Å²) in [6.45, 7) is 2.76. The van der Waals surface area contributed by atoms with Crippen LogP contribution in [0.1, 0.15) is 39.0 Å². The fourth-order valence-electron chi connectivity index (χ4n) is 3.82. The van der Waals surface area contributed by atoms with Crippen molar-refractivity contribution in [3.8, 4) is 5.75 Å². The van der Waals surface area contributed by atoms with E-state index in [1.807, 2.05) is 12.1 Å². The van der Waals surface area contributed by atoms with Crippen molar-refractivity contribution in [3.05, 3.63) is 64.2 Å². The summed E-state index contributed by atoms with van der Waals surface area (Å²) < 4.78 is 5.27. The van der Waals surface area contributed by atoms with Crippen LogP contribution in [0.2, 0.25) is 0 Å². The van der Waals surface area contributed by atoms with Crippen LogP contribution in [0, 0.1) is 6.92 Å². The highest BCUT2D eigenvalue weighted by Gasteiger charge is 2.20. The zero-order chi connectivity index (χ0) is 19.0. The Morgan fingerprint density at radius 2 is 2.00 bits per heavy atom. The average Bonchev–Trinajstić information content (AvgIpc) is 3.16. The van der Waals surface area contributed by atoms with Crippen molar-refractivity contribution in [2.24, 2.45) is 0 Å². The van der Waals surface area contributed by atoms with Gasteiger partial charge in [-0.1, -0.05) is 6.07 Å². The molecule has 5 heteroatoms. The largest absolute Gasteiger partial charge is 0.497 e. The lowest BCUT2D eigenvalue weighted by atomic mass is 10.0. The van der Waals surface area contributed by atoms with Gasteiger partial charge in [0.2, 0.25) is 0 Å². The molecule has 0 bridgehead atoms. The molecule has 5 nitrogen and oxygen atoms in total. The quantitative estimate of drug-likeness (QED) is 0.706. The number of carboxylic acid groups (broad SMARTS) is 1. The first-order valence-electron chi connectivity index (χ1n) is 9.13. The Hall–Kier alpha value is -3.08. The van der Waals surface area contributed by atoms with Crippen molar-refractivity contribution in [1.29, 1.82) is 0 Å². The molecule has 4 rings (SSSR count). The first-order chi connectivity index (χ1) is 13.1. The van der Waals surface area contributed by atoms with Gasteiger partial charge in [-0.15, -0.1) is 0 Å². The number of benzene rings is 2. The maximum atomic E-state index is 11.3. The van der Waals surface area contributed by atoms with Crippen molar-refractivity contribution >= 4 is 22.7 Å². The van der Waals surface area contributed by atoms with E-state index in [9.17, 15) is 9.90 Å². The van der Waals surface area contributed by atoms with Crippen molar-refractivity contribution in [2.75, 3.05) is 12.4 Å². The number of nitrogens with zero attached hydrogens (tertiary/aromatic N) is 1. The number of carbonyl (C=O) groups is 1. The minimum atomic E-state index is -0.902. The number of aromatic carboxylic acids is 1. The van der Waals surface area contributed by atoms with E-state index < -0.39 is 5.97 Å². The smallest absolute Gasteiger partial charge is 0.335 e. The van der Waals surface area contributed by atoms with Gasteiger partial charge in [0.05, 0.1) is 18.2 Å². The number of aryl methyl sites for hydroxylation is 2. The Kier molecular flexibility index (Phi) is 4.44. The molecule has 0 fully saturated rings. The van der Waals surface area contributed by atoms with E-state index in [0.29, 0.717) is 12.1 Å². The molecule has 1 aliphatic rings. The Morgan fingerprint density at radius 3 is 2.74 bits per heavy atom. The third-order valence-electron chi connectivity index (χ3n) is 5.30. The van der Waals surface area contributed by atoms with E-state index in [-0.39, 0.29) is 0 Å². The zero-order valence-corrected chi connectivity index (χ0v) is 15.5. The number of nitrogens with one attached hydrogen (secondary N) is 1. The number of ether oxygens (including phenoxy) is 1. The molecule has 0 unspecified atom stereocenters. The molecule has 0 aliphatic heterocycles. The summed E-state index contributed by atoms with van der Waals surface area (Å²) in [4.78, 5) is 16.1. The lowest BCUT2D eigenvalue weighted by Crippen LogP contribution is -2.07. The van der Waals surface area contributed by atoms with Crippen LogP contribution in [0.3, 0.4) is 0 Å². The number of carboxylic acids is 1. The summed E-state index contributed by atoms with van der Waals surface area (Å²) >= 11 is 0. The summed E-state index contributed by atoms with van der Waals surface area (Å²) in [5.41, 5.74) is 5.98. The van der Waals surface area contributed by atoms with Crippen LogP contribution in [0.4, 0.5) is 5.82 Å². The van der Waals surface area contributed by atoms with E-state index in [1.54, 1.807) is 25.3 Å². The molecular formula is C22H22N2O3. The molecule has 0 saturated carbocycles. The zero-order valence-electron chi connectivity index (χ0n) is 15.5. The molecule has 2 aromatic carbocycles. The van der Waals surface area contributed by atoms with Gasteiger partial charge in [-0.05, 0) is 78.8 Å². The van der Waals surface area contributed by atoms with E-state index in [2.05, 4.69) is 18.3 Å². The van der Waals surface area contributed by atoms with Gasteiger partial charge in [-0.2, -0.15) is 0 Å². The highest BCUT2D eigenvalue weighted by Crippen LogP contribution is 2.34. The summed E-state index contributed by atoms with van der Waals surface area (Å²) in [7, 11) is 1.67. The molecule has 1 aromatic heterocycles. The first-order valence-corrected chi connectivity index (χ1v) is 9.13. The van der Waals surface area contributed by atoms with Crippen LogP contribution >= 0.6 is 0 Å². The molecule has 3 aromatic rings. The van der Waals surface area contributed by atoms with E-state index in [0.717, 1.165) is 41.7 Å². The average molecular weight is 362 g/mol. The SMILES string of the molecule is COc1ccc(CNc2nc3ccc(C(=O)O)cc3c3c2CCC3)c(C)c1. The molecule has 0 spiro atoms. The number of fused-ring (bicyclic) bond motifs is 3. The number of methoxy groups -OCH3 is 1. The van der Waals surface area contributed by atoms with Crippen molar-refractivity contribution in [1.82, 2.24) is 4.98 Å². The minimum absolute atomic E-state index is 0.313. The first kappa shape index (κ1) is 17.3. The lowest BCUT2D eigenvalue weighted by molar-refractivity contribution is 0.0697. The lowest BCUT2D eigenvalue weighted by Gasteiger charge is -2.15. The summed E-state index contributed by atoms with van der Waals surface area (Å²) in [5.74, 6) is 0.865. The highest BCUT2D eigenvalue weighted by molar-refractivity contribution is 5.95. The normalized spacial score (nSPS) is 12.8. The predicted octanol–water partition coefficient (Wildman–Crippen LogP) is 4.35. The van der Waals surface area contributed by atoms with Crippen LogP contribution < -0.4 is 10.1 Å². The fourth-order valence-corrected chi connectivity index (χ4v) is 3.82. The number of hydrogen-bond acceptors (Lipinski definition) is 4. The van der Waals surface area contributed by atoms with Crippen LogP contribution in [0.15, 0.2) is 36.4 Å². The third-order valence-corrected chi connectivity index (χ3v) is 5.30. The number of anilines is 1. The molecule has 0 amide bonds. The summed E-state index contributed by atoms with van der Waals surface area (Å²) in [6, 6.07) is 11.3. The second kappa shape index (κ2) is 6.91. The second-order valence-corrected chi connectivity index (χ2v) is 6.95. The van der Waals surface area contributed by atoms with E-state index in [1.165, 1.54) is 22.3 Å². The van der Waals surface area contributed by atoms with Crippen molar-refractivity contribution in [3.63, 3.8) is 0 Å². The highest BCUT2D eigenvalue weighted by atomic mass is 16.5. The molecular weight excluding hydrogens is 340 g/mol. The Bertz CT molecular complexity index is 1040. The molecule has 138 valence electrons. The van der Waals surface area contributed by atoms with Crippen LogP contribution in [-0.2, 0) is 19.4 Å². The van der Waals surface area contributed by atoms with Crippen molar-refractivity contribution in [2.45, 2.75) is 32.7 Å². The van der Waals surface area contributed by atoms with Gasteiger partial charge in [-0.25, -0.2) is 9.78 Å². The van der Waals surface area contributed by atoms with Gasteiger partial charge in [-0.3, -0.25) is 0 Å². The van der Waals surface area contributed by atoms with Gasteiger partial charge in [0.15, 0.2) is 0 Å². The maximum absolute atomic E-state index is 11.3. The Balaban J connectivity index is 1.68. The fraction of sp³-hybridized carbons (Fsp3) is 0.273. The predicted molar refractivity (Wildman–Crippen MR) is 106 cm³/mol. The van der Waals surface area contributed by atoms with E-state index >= 15 is 0 Å². The monoisotopic (exact) mass is 362 g/mol. The number of hydrogen-bond donors (Lipinski definition) is 2. The molecule has 1 aliphatic carbocycles. The molecule has 0 atom stereocenters. The Morgan fingerprint density at radius 1 is 1.19 bits per heavy atom. The Labute approximate surface area is 158 Å². The van der Waals surface area contributed by atoms with E-state index in [4.69, 9.17) is 9.72 Å². The summed E-state index contributed by atoms with van der Waals surface area (Å²) in [5, 5.41) is 13.7. The van der Waals surface area contributed by atoms with Crippen LogP contribution in [0.25, 0.3) is 10.9 Å². The van der Waals surface area contributed by atoms with Gasteiger partial charge < -0.3 is 15.2 Å². The molecule has 0 saturated heterocycles. The van der Waals surface area contributed by atoms with Gasteiger partial charge in [0, 0.05) is 11.9 Å². The molecule has 2 N–H and O–H groups in total. The molecule has 27 heavy (non-hydrogen) atoms. The molecule has 0 radical (unpaired) electrons. The minimum Gasteiger partial charge on any atom is -0.497 e. The van der Waals surface area contributed by atoms with Gasteiger partial charge >= 0.3 is 5.97 Å². The third kappa shape index (κ3) is 3.21. The second-order valence-electron chi connectivity index (χ2n) is 6.95. The number of aromatic nitrogens is 1. The molecule has 1 heterocycles. The standard InChI is InChI=1S/C22H22N2O3/c1-13-10-16(27-2)8-6-15(13)12-23-21-18-5-3-4-17(18)19-11-14(22(25)26)7-9-20(19)24-21/h6-11H,3-5,12H2,1-2H3,(H,23,24)(H,25,26). The van der Waals surface area contributed by atoms with Gasteiger partial charge in [0.25, 0.3) is 0 Å². The van der Waals surface area contributed by atoms with Crippen LogP contribution in [-0.4, -0.2) is 23.2 Å². The number of rotatable bonds is 5. The van der Waals surface area contributed by atoms with Gasteiger partial charge in [0.1, 0.15) is 11.6 Å². The maximum Gasteiger partial charge on any atom is 0.335 e.